The smallest absolute Gasteiger partial charge is 0.154 e. The lowest BCUT2D eigenvalue weighted by molar-refractivity contribution is 0.192. The van der Waals surface area contributed by atoms with Crippen molar-refractivity contribution in [1.82, 2.24) is 29.9 Å². The van der Waals surface area contributed by atoms with Crippen molar-refractivity contribution in [2.75, 3.05) is 19.8 Å². The molecule has 0 saturated carbocycles. The Balaban J connectivity index is 1.71. The maximum atomic E-state index is 5.48. The summed E-state index contributed by atoms with van der Waals surface area (Å²) < 4.78 is 9.55. The average molecular weight is 274 g/mol. The topological polar surface area (TPSA) is 69.8 Å². The molecule has 2 unspecified atom stereocenters. The fraction of sp³-hybridized carbons (Fsp3) is 0.615. The van der Waals surface area contributed by atoms with E-state index >= 15 is 0 Å². The maximum absolute atomic E-state index is 5.48. The van der Waals surface area contributed by atoms with E-state index in [4.69, 9.17) is 4.74 Å². The van der Waals surface area contributed by atoms with Gasteiger partial charge in [0.1, 0.15) is 5.82 Å². The van der Waals surface area contributed by atoms with E-state index in [-0.39, 0.29) is 6.04 Å². The van der Waals surface area contributed by atoms with E-state index in [1.807, 2.05) is 24.1 Å². The van der Waals surface area contributed by atoms with E-state index in [1.54, 1.807) is 0 Å². The van der Waals surface area contributed by atoms with Gasteiger partial charge in [0, 0.05) is 44.4 Å². The first-order valence-electron chi connectivity index (χ1n) is 7.05. The first kappa shape index (κ1) is 12.0. The van der Waals surface area contributed by atoms with E-state index < -0.39 is 0 Å². The summed E-state index contributed by atoms with van der Waals surface area (Å²) in [5.41, 5.74) is 1.13. The molecular formula is C13H18N6O. The number of hydrogen-bond acceptors (Lipinski definition) is 5. The van der Waals surface area contributed by atoms with Gasteiger partial charge in [0.15, 0.2) is 5.82 Å². The number of ether oxygens (including phenoxy) is 1. The number of rotatable bonds is 2. The minimum Gasteiger partial charge on any atom is -0.381 e. The zero-order valence-electron chi connectivity index (χ0n) is 11.5. The molecule has 0 aromatic carbocycles. The summed E-state index contributed by atoms with van der Waals surface area (Å²) in [6, 6.07) is 0.0843. The molecule has 0 spiro atoms. The van der Waals surface area contributed by atoms with E-state index in [2.05, 4.69) is 25.2 Å². The average Bonchev–Trinajstić information content (AvgIpc) is 3.17. The van der Waals surface area contributed by atoms with Crippen LogP contribution in [0.25, 0.3) is 0 Å². The summed E-state index contributed by atoms with van der Waals surface area (Å²) in [7, 11) is 1.93. The minimum atomic E-state index is 0.0843. The molecule has 2 aromatic heterocycles. The predicted octanol–water partition coefficient (Wildman–Crippen LogP) is 0.208. The highest BCUT2D eigenvalue weighted by Crippen LogP contribution is 2.29. The van der Waals surface area contributed by atoms with Crippen molar-refractivity contribution in [2.24, 2.45) is 7.05 Å². The molecule has 2 aliphatic heterocycles. The Morgan fingerprint density at radius 1 is 1.35 bits per heavy atom. The second-order valence-corrected chi connectivity index (χ2v) is 5.46. The molecule has 106 valence electrons. The highest BCUT2D eigenvalue weighted by atomic mass is 16.5. The summed E-state index contributed by atoms with van der Waals surface area (Å²) in [6.45, 7) is 3.44. The van der Waals surface area contributed by atoms with Crippen LogP contribution in [0.1, 0.15) is 35.6 Å². The Bertz CT molecular complexity index is 612. The first-order chi connectivity index (χ1) is 9.83. The van der Waals surface area contributed by atoms with Gasteiger partial charge in [-0.3, -0.25) is 4.68 Å². The van der Waals surface area contributed by atoms with Crippen molar-refractivity contribution in [1.29, 1.82) is 0 Å². The zero-order chi connectivity index (χ0) is 13.5. The van der Waals surface area contributed by atoms with Crippen LogP contribution in [-0.2, 0) is 18.3 Å². The van der Waals surface area contributed by atoms with Crippen LogP contribution >= 0.6 is 0 Å². The molecule has 1 saturated heterocycles. The third-order valence-electron chi connectivity index (χ3n) is 4.10. The summed E-state index contributed by atoms with van der Waals surface area (Å²) in [6.07, 6.45) is 4.96. The van der Waals surface area contributed by atoms with Crippen molar-refractivity contribution in [3.05, 3.63) is 29.6 Å². The van der Waals surface area contributed by atoms with Gasteiger partial charge >= 0.3 is 0 Å². The fourth-order valence-electron chi connectivity index (χ4n) is 3.08. The minimum absolute atomic E-state index is 0.0843. The highest BCUT2D eigenvalue weighted by Gasteiger charge is 2.31. The van der Waals surface area contributed by atoms with Gasteiger partial charge in [0.05, 0.1) is 18.8 Å². The number of aryl methyl sites for hydroxylation is 1. The van der Waals surface area contributed by atoms with Gasteiger partial charge in [-0.1, -0.05) is 0 Å². The normalized spacial score (nSPS) is 25.9. The van der Waals surface area contributed by atoms with Crippen molar-refractivity contribution in [3.63, 3.8) is 0 Å². The van der Waals surface area contributed by atoms with Crippen molar-refractivity contribution < 1.29 is 4.74 Å². The number of nitrogens with zero attached hydrogens (tertiary/aromatic N) is 5. The van der Waals surface area contributed by atoms with Gasteiger partial charge in [-0.15, -0.1) is 10.2 Å². The van der Waals surface area contributed by atoms with Gasteiger partial charge in [0.25, 0.3) is 0 Å². The molecule has 1 fully saturated rings. The lowest BCUT2D eigenvalue weighted by Crippen LogP contribution is -2.35. The molecule has 0 aliphatic carbocycles. The van der Waals surface area contributed by atoms with Crippen molar-refractivity contribution >= 4 is 0 Å². The summed E-state index contributed by atoms with van der Waals surface area (Å²) in [5.74, 6) is 2.46. The Labute approximate surface area is 116 Å². The van der Waals surface area contributed by atoms with E-state index in [0.29, 0.717) is 5.92 Å². The Morgan fingerprint density at radius 2 is 2.25 bits per heavy atom. The van der Waals surface area contributed by atoms with Crippen LogP contribution in [0, 0.1) is 0 Å². The molecule has 7 nitrogen and oxygen atoms in total. The standard InChI is InChI=1S/C13H18N6O/c1-18-7-10(6-15-18)11-13-17-16-12(9-2-5-20-8-9)19(13)4-3-14-11/h6-7,9,11,14H,2-5,8H2,1H3. The predicted molar refractivity (Wildman–Crippen MR) is 71.3 cm³/mol. The molecule has 0 amide bonds. The largest absolute Gasteiger partial charge is 0.381 e. The summed E-state index contributed by atoms with van der Waals surface area (Å²) >= 11 is 0. The lowest BCUT2D eigenvalue weighted by Gasteiger charge is -2.25. The molecule has 0 bridgehead atoms. The Morgan fingerprint density at radius 3 is 3.00 bits per heavy atom. The van der Waals surface area contributed by atoms with E-state index in [0.717, 1.165) is 49.9 Å². The molecule has 4 heterocycles. The number of fused-ring (bicyclic) bond motifs is 1. The fourth-order valence-corrected chi connectivity index (χ4v) is 3.08. The van der Waals surface area contributed by atoms with Crippen LogP contribution in [0.4, 0.5) is 0 Å². The van der Waals surface area contributed by atoms with Crippen LogP contribution in [0.2, 0.25) is 0 Å². The lowest BCUT2D eigenvalue weighted by atomic mass is 10.1. The molecule has 7 heteroatoms. The van der Waals surface area contributed by atoms with Gasteiger partial charge in [-0.2, -0.15) is 5.10 Å². The van der Waals surface area contributed by atoms with Crippen LogP contribution in [0.15, 0.2) is 12.4 Å². The van der Waals surface area contributed by atoms with Gasteiger partial charge < -0.3 is 14.6 Å². The SMILES string of the molecule is Cn1cc(C2NCCn3c(C4CCOC4)nnc32)cn1. The van der Waals surface area contributed by atoms with Crippen LogP contribution in [0.3, 0.4) is 0 Å². The molecule has 20 heavy (non-hydrogen) atoms. The van der Waals surface area contributed by atoms with Crippen molar-refractivity contribution in [3.8, 4) is 0 Å². The Kier molecular flexibility index (Phi) is 2.82. The molecule has 4 rings (SSSR count). The quantitative estimate of drug-likeness (QED) is 0.847. The van der Waals surface area contributed by atoms with Crippen LogP contribution in [0.5, 0.6) is 0 Å². The van der Waals surface area contributed by atoms with Gasteiger partial charge in [0.2, 0.25) is 0 Å². The second kappa shape index (κ2) is 4.68. The molecule has 2 aromatic rings. The van der Waals surface area contributed by atoms with Crippen molar-refractivity contribution in [2.45, 2.75) is 24.9 Å². The Hall–Kier alpha value is -1.73. The summed E-state index contributed by atoms with van der Waals surface area (Å²) in [5, 5.41) is 16.6. The third-order valence-corrected chi connectivity index (χ3v) is 4.10. The van der Waals surface area contributed by atoms with Gasteiger partial charge in [-0.05, 0) is 6.42 Å². The molecule has 0 radical (unpaired) electrons. The summed E-state index contributed by atoms with van der Waals surface area (Å²) in [4.78, 5) is 0. The van der Waals surface area contributed by atoms with Crippen LogP contribution < -0.4 is 5.32 Å². The molecular weight excluding hydrogens is 256 g/mol. The maximum Gasteiger partial charge on any atom is 0.154 e. The van der Waals surface area contributed by atoms with Gasteiger partial charge in [-0.25, -0.2) is 0 Å². The van der Waals surface area contributed by atoms with E-state index in [9.17, 15) is 0 Å². The number of nitrogens with one attached hydrogen (secondary N) is 1. The zero-order valence-corrected chi connectivity index (χ0v) is 11.5. The third kappa shape index (κ3) is 1.85. The monoisotopic (exact) mass is 274 g/mol. The number of hydrogen-bond donors (Lipinski definition) is 1. The molecule has 1 N–H and O–H groups in total. The van der Waals surface area contributed by atoms with E-state index in [1.165, 1.54) is 0 Å². The second-order valence-electron chi connectivity index (χ2n) is 5.46. The molecule has 2 atom stereocenters. The molecule has 2 aliphatic rings. The first-order valence-corrected chi connectivity index (χ1v) is 7.05. The van der Waals surface area contributed by atoms with Crippen LogP contribution in [-0.4, -0.2) is 44.3 Å². The highest BCUT2D eigenvalue weighted by molar-refractivity contribution is 5.22. The number of aromatic nitrogens is 5.